The molecule has 1 aliphatic rings. The van der Waals surface area contributed by atoms with E-state index in [9.17, 15) is 9.59 Å². The van der Waals surface area contributed by atoms with E-state index in [0.717, 1.165) is 27.4 Å². The average Bonchev–Trinajstić information content (AvgIpc) is 3.00. The SMILES string of the molecule is COCCC(=O)N1CCc2c(sc(NC(=O)/C=C/c3ccccc3)c2C)C1. The summed E-state index contributed by atoms with van der Waals surface area (Å²) in [5, 5.41) is 3.85. The Kier molecular flexibility index (Phi) is 6.42. The van der Waals surface area contributed by atoms with Crippen LogP contribution in [0, 0.1) is 6.92 Å². The van der Waals surface area contributed by atoms with Gasteiger partial charge in [-0.1, -0.05) is 30.3 Å². The van der Waals surface area contributed by atoms with E-state index < -0.39 is 0 Å². The molecule has 1 aliphatic heterocycles. The van der Waals surface area contributed by atoms with Crippen molar-refractivity contribution in [1.82, 2.24) is 4.90 Å². The molecule has 5 nitrogen and oxygen atoms in total. The molecule has 2 aromatic rings. The van der Waals surface area contributed by atoms with Gasteiger partial charge in [0.05, 0.1) is 24.6 Å². The van der Waals surface area contributed by atoms with E-state index in [1.165, 1.54) is 5.56 Å². The number of carbonyl (C=O) groups is 2. The van der Waals surface area contributed by atoms with Gasteiger partial charge in [0.15, 0.2) is 0 Å². The number of anilines is 1. The van der Waals surface area contributed by atoms with Gasteiger partial charge < -0.3 is 15.0 Å². The molecule has 0 fully saturated rings. The zero-order valence-corrected chi connectivity index (χ0v) is 16.5. The highest BCUT2D eigenvalue weighted by Crippen LogP contribution is 2.36. The maximum atomic E-state index is 12.3. The van der Waals surface area contributed by atoms with Gasteiger partial charge in [-0.2, -0.15) is 0 Å². The summed E-state index contributed by atoms with van der Waals surface area (Å²) in [5.74, 6) is -0.0292. The first kappa shape index (κ1) is 19.3. The average molecular weight is 385 g/mol. The van der Waals surface area contributed by atoms with Gasteiger partial charge >= 0.3 is 0 Å². The molecule has 0 atom stereocenters. The molecule has 0 spiro atoms. The van der Waals surface area contributed by atoms with Crippen molar-refractivity contribution in [3.63, 3.8) is 0 Å². The largest absolute Gasteiger partial charge is 0.384 e. The predicted octanol–water partition coefficient (Wildman–Crippen LogP) is 3.63. The fourth-order valence-electron chi connectivity index (χ4n) is 3.13. The Morgan fingerprint density at radius 3 is 2.81 bits per heavy atom. The molecule has 2 amide bonds. The molecule has 142 valence electrons. The topological polar surface area (TPSA) is 58.6 Å². The minimum atomic E-state index is -0.145. The number of amides is 2. The fourth-order valence-corrected chi connectivity index (χ4v) is 4.40. The van der Waals surface area contributed by atoms with Crippen LogP contribution in [0.3, 0.4) is 0 Å². The van der Waals surface area contributed by atoms with Gasteiger partial charge in [0.2, 0.25) is 11.8 Å². The normalized spacial score (nSPS) is 13.6. The van der Waals surface area contributed by atoms with Crippen LogP contribution in [-0.2, 0) is 27.3 Å². The second-order valence-corrected chi connectivity index (χ2v) is 7.60. The third-order valence-corrected chi connectivity index (χ3v) is 5.89. The second kappa shape index (κ2) is 8.97. The molecule has 0 bridgehead atoms. The van der Waals surface area contributed by atoms with Gasteiger partial charge in [0.25, 0.3) is 0 Å². The van der Waals surface area contributed by atoms with Crippen molar-refractivity contribution in [1.29, 1.82) is 0 Å². The molecule has 0 saturated carbocycles. The van der Waals surface area contributed by atoms with E-state index in [2.05, 4.69) is 5.32 Å². The molecule has 27 heavy (non-hydrogen) atoms. The lowest BCUT2D eigenvalue weighted by molar-refractivity contribution is -0.133. The van der Waals surface area contributed by atoms with Crippen LogP contribution in [0.2, 0.25) is 0 Å². The van der Waals surface area contributed by atoms with E-state index in [4.69, 9.17) is 4.74 Å². The first-order valence-corrected chi connectivity index (χ1v) is 9.82. The number of nitrogens with zero attached hydrogens (tertiary/aromatic N) is 1. The fraction of sp³-hybridized carbons (Fsp3) is 0.333. The number of carbonyl (C=O) groups excluding carboxylic acids is 2. The number of hydrogen-bond donors (Lipinski definition) is 1. The first-order valence-electron chi connectivity index (χ1n) is 9.00. The van der Waals surface area contributed by atoms with Gasteiger partial charge in [0, 0.05) is 24.6 Å². The smallest absolute Gasteiger partial charge is 0.248 e. The van der Waals surface area contributed by atoms with Crippen LogP contribution in [0.1, 0.15) is 28.0 Å². The molecule has 6 heteroatoms. The summed E-state index contributed by atoms with van der Waals surface area (Å²) in [6, 6.07) is 9.73. The van der Waals surface area contributed by atoms with Crippen molar-refractivity contribution < 1.29 is 14.3 Å². The number of hydrogen-bond acceptors (Lipinski definition) is 4. The predicted molar refractivity (Wildman–Crippen MR) is 109 cm³/mol. The van der Waals surface area contributed by atoms with Gasteiger partial charge in [-0.25, -0.2) is 0 Å². The zero-order valence-electron chi connectivity index (χ0n) is 15.7. The van der Waals surface area contributed by atoms with Crippen LogP contribution >= 0.6 is 11.3 Å². The standard InChI is InChI=1S/C21H24N2O3S/c1-15-17-10-12-23(20(25)11-13-26-2)14-18(17)27-21(15)22-19(24)9-8-16-6-4-3-5-7-16/h3-9H,10-14H2,1-2H3,(H,22,24)/b9-8+. The van der Waals surface area contributed by atoms with Crippen molar-refractivity contribution in [3.05, 3.63) is 58.0 Å². The van der Waals surface area contributed by atoms with Gasteiger partial charge in [-0.15, -0.1) is 11.3 Å². The first-order chi connectivity index (χ1) is 13.1. The molecule has 0 radical (unpaired) electrons. The van der Waals surface area contributed by atoms with Crippen LogP contribution in [0.25, 0.3) is 6.08 Å². The zero-order chi connectivity index (χ0) is 19.2. The van der Waals surface area contributed by atoms with Crippen LogP contribution in [0.5, 0.6) is 0 Å². The molecule has 1 aromatic heterocycles. The second-order valence-electron chi connectivity index (χ2n) is 6.50. The molecule has 1 aromatic carbocycles. The van der Waals surface area contributed by atoms with Crippen molar-refractivity contribution >= 4 is 34.2 Å². The summed E-state index contributed by atoms with van der Waals surface area (Å²) in [4.78, 5) is 27.5. The highest BCUT2D eigenvalue weighted by atomic mass is 32.1. The third-order valence-electron chi connectivity index (χ3n) is 4.66. The molecule has 0 unspecified atom stereocenters. The van der Waals surface area contributed by atoms with Crippen LogP contribution in [0.4, 0.5) is 5.00 Å². The van der Waals surface area contributed by atoms with Crippen LogP contribution in [0.15, 0.2) is 36.4 Å². The number of fused-ring (bicyclic) bond motifs is 1. The van der Waals surface area contributed by atoms with Crippen LogP contribution in [-0.4, -0.2) is 37.0 Å². The summed E-state index contributed by atoms with van der Waals surface area (Å²) in [7, 11) is 1.60. The summed E-state index contributed by atoms with van der Waals surface area (Å²) in [6.07, 6.45) is 4.58. The van der Waals surface area contributed by atoms with E-state index in [1.54, 1.807) is 30.6 Å². The van der Waals surface area contributed by atoms with Crippen molar-refractivity contribution in [2.75, 3.05) is 25.6 Å². The molecular formula is C21H24N2O3S. The quantitative estimate of drug-likeness (QED) is 0.774. The highest BCUT2D eigenvalue weighted by molar-refractivity contribution is 7.16. The number of methoxy groups -OCH3 is 1. The Balaban J connectivity index is 1.65. The minimum absolute atomic E-state index is 0.116. The molecule has 0 aliphatic carbocycles. The molecule has 1 N–H and O–H groups in total. The summed E-state index contributed by atoms with van der Waals surface area (Å²) in [6.45, 7) is 3.81. The Morgan fingerprint density at radius 1 is 1.30 bits per heavy atom. The Labute approximate surface area is 163 Å². The van der Waals surface area contributed by atoms with E-state index in [-0.39, 0.29) is 11.8 Å². The van der Waals surface area contributed by atoms with E-state index in [1.807, 2.05) is 42.2 Å². The van der Waals surface area contributed by atoms with Crippen molar-refractivity contribution in [2.24, 2.45) is 0 Å². The highest BCUT2D eigenvalue weighted by Gasteiger charge is 2.25. The Morgan fingerprint density at radius 2 is 2.07 bits per heavy atom. The molecular weight excluding hydrogens is 360 g/mol. The number of ether oxygens (including phenoxy) is 1. The van der Waals surface area contributed by atoms with Gasteiger partial charge in [-0.05, 0) is 36.1 Å². The molecule has 2 heterocycles. The third kappa shape index (κ3) is 4.84. The monoisotopic (exact) mass is 384 g/mol. The van der Waals surface area contributed by atoms with Gasteiger partial charge in [0.1, 0.15) is 0 Å². The Hall–Kier alpha value is -2.44. The number of thiophene rings is 1. The Bertz CT molecular complexity index is 843. The number of nitrogens with one attached hydrogen (secondary N) is 1. The molecule has 0 saturated heterocycles. The van der Waals surface area contributed by atoms with Crippen molar-refractivity contribution in [3.8, 4) is 0 Å². The van der Waals surface area contributed by atoms with Crippen molar-refractivity contribution in [2.45, 2.75) is 26.3 Å². The maximum Gasteiger partial charge on any atom is 0.248 e. The van der Waals surface area contributed by atoms with E-state index in [0.29, 0.717) is 26.1 Å². The maximum absolute atomic E-state index is 12.3. The molecule has 3 rings (SSSR count). The van der Waals surface area contributed by atoms with E-state index >= 15 is 0 Å². The lowest BCUT2D eigenvalue weighted by Gasteiger charge is -2.27. The van der Waals surface area contributed by atoms with Crippen LogP contribution < -0.4 is 5.32 Å². The summed E-state index contributed by atoms with van der Waals surface area (Å²) in [5.41, 5.74) is 3.36. The summed E-state index contributed by atoms with van der Waals surface area (Å²) >= 11 is 1.57. The van der Waals surface area contributed by atoms with Gasteiger partial charge in [-0.3, -0.25) is 9.59 Å². The summed E-state index contributed by atoms with van der Waals surface area (Å²) < 4.78 is 5.00. The number of rotatable bonds is 6. The lowest BCUT2D eigenvalue weighted by Crippen LogP contribution is -2.35. The minimum Gasteiger partial charge on any atom is -0.384 e. The number of benzene rings is 1. The lowest BCUT2D eigenvalue weighted by atomic mass is 10.0.